The summed E-state index contributed by atoms with van der Waals surface area (Å²) in [5.74, 6) is 0.444. The molecule has 1 amide bonds. The molecule has 2 aliphatic heterocycles. The zero-order valence-electron chi connectivity index (χ0n) is 15.7. The highest BCUT2D eigenvalue weighted by Crippen LogP contribution is 2.41. The zero-order chi connectivity index (χ0) is 17.6. The van der Waals surface area contributed by atoms with Crippen molar-refractivity contribution in [1.82, 2.24) is 9.80 Å². The molecule has 0 N–H and O–H groups in total. The van der Waals surface area contributed by atoms with Gasteiger partial charge in [-0.2, -0.15) is 0 Å². The van der Waals surface area contributed by atoms with E-state index in [1.807, 2.05) is 6.92 Å². The molecule has 0 aromatic rings. The third-order valence-corrected chi connectivity index (χ3v) is 6.05. The standard InChI is InChI=1S/C19H34N2O3/c1-4-16(5-2)18(23)21-13-9-19(10-14-21)7-11-20(12-8-19)15-17(22)24-6-3/h16H,4-15H2,1-3H3. The fourth-order valence-electron chi connectivity index (χ4n) is 4.17. The van der Waals surface area contributed by atoms with Gasteiger partial charge in [0.25, 0.3) is 0 Å². The molecule has 24 heavy (non-hydrogen) atoms. The second kappa shape index (κ2) is 8.84. The van der Waals surface area contributed by atoms with Crippen LogP contribution in [-0.2, 0) is 14.3 Å². The average Bonchev–Trinajstić information content (AvgIpc) is 2.59. The van der Waals surface area contributed by atoms with E-state index in [1.54, 1.807) is 0 Å². The number of piperidine rings is 2. The molecular formula is C19H34N2O3. The summed E-state index contributed by atoms with van der Waals surface area (Å²) < 4.78 is 5.04. The molecule has 5 heteroatoms. The van der Waals surface area contributed by atoms with Gasteiger partial charge in [-0.05, 0) is 64.0 Å². The number of esters is 1. The van der Waals surface area contributed by atoms with Gasteiger partial charge in [-0.15, -0.1) is 0 Å². The van der Waals surface area contributed by atoms with Crippen LogP contribution in [0.25, 0.3) is 0 Å². The Morgan fingerprint density at radius 3 is 2.00 bits per heavy atom. The van der Waals surface area contributed by atoms with Gasteiger partial charge in [0.15, 0.2) is 0 Å². The van der Waals surface area contributed by atoms with Gasteiger partial charge >= 0.3 is 5.97 Å². The first kappa shape index (κ1) is 19.2. The first-order valence-corrected chi connectivity index (χ1v) is 9.70. The minimum Gasteiger partial charge on any atom is -0.465 e. The van der Waals surface area contributed by atoms with E-state index in [-0.39, 0.29) is 11.9 Å². The Kier molecular flexibility index (Phi) is 7.08. The molecule has 0 aliphatic carbocycles. The van der Waals surface area contributed by atoms with Crippen molar-refractivity contribution in [2.45, 2.75) is 59.3 Å². The number of hydrogen-bond acceptors (Lipinski definition) is 4. The monoisotopic (exact) mass is 338 g/mol. The van der Waals surface area contributed by atoms with Gasteiger partial charge in [0.1, 0.15) is 0 Å². The molecule has 0 atom stereocenters. The van der Waals surface area contributed by atoms with E-state index in [0.717, 1.165) is 64.7 Å². The molecule has 2 saturated heterocycles. The van der Waals surface area contributed by atoms with E-state index < -0.39 is 0 Å². The van der Waals surface area contributed by atoms with Crippen molar-refractivity contribution in [3.63, 3.8) is 0 Å². The molecule has 2 rings (SSSR count). The third-order valence-electron chi connectivity index (χ3n) is 6.05. The highest BCUT2D eigenvalue weighted by molar-refractivity contribution is 5.78. The van der Waals surface area contributed by atoms with E-state index in [4.69, 9.17) is 4.74 Å². The molecule has 0 aromatic heterocycles. The van der Waals surface area contributed by atoms with Gasteiger partial charge in [-0.25, -0.2) is 0 Å². The summed E-state index contributed by atoms with van der Waals surface area (Å²) in [5, 5.41) is 0. The van der Waals surface area contributed by atoms with Crippen molar-refractivity contribution < 1.29 is 14.3 Å². The summed E-state index contributed by atoms with van der Waals surface area (Å²) in [7, 11) is 0. The second-order valence-corrected chi connectivity index (χ2v) is 7.42. The first-order chi connectivity index (χ1) is 11.5. The summed E-state index contributed by atoms with van der Waals surface area (Å²) in [5.41, 5.74) is 0.385. The fraction of sp³-hybridized carbons (Fsp3) is 0.895. The van der Waals surface area contributed by atoms with Gasteiger partial charge in [-0.3, -0.25) is 14.5 Å². The summed E-state index contributed by atoms with van der Waals surface area (Å²) in [6, 6.07) is 0. The maximum atomic E-state index is 12.5. The Morgan fingerprint density at radius 1 is 0.958 bits per heavy atom. The quantitative estimate of drug-likeness (QED) is 0.699. The van der Waals surface area contributed by atoms with Crippen LogP contribution in [0.4, 0.5) is 0 Å². The average molecular weight is 338 g/mol. The topological polar surface area (TPSA) is 49.9 Å². The minimum absolute atomic E-state index is 0.112. The molecule has 0 aromatic carbocycles. The van der Waals surface area contributed by atoms with E-state index in [0.29, 0.717) is 24.5 Å². The number of ether oxygens (including phenoxy) is 1. The Balaban J connectivity index is 1.78. The van der Waals surface area contributed by atoms with Crippen LogP contribution in [-0.4, -0.2) is 61.0 Å². The molecule has 0 unspecified atom stereocenters. The molecular weight excluding hydrogens is 304 g/mol. The molecule has 2 aliphatic rings. The van der Waals surface area contributed by atoms with Crippen molar-refractivity contribution in [3.05, 3.63) is 0 Å². The van der Waals surface area contributed by atoms with E-state index in [2.05, 4.69) is 23.6 Å². The third kappa shape index (κ3) is 4.71. The van der Waals surface area contributed by atoms with Crippen LogP contribution in [0.3, 0.4) is 0 Å². The molecule has 0 bridgehead atoms. The highest BCUT2D eigenvalue weighted by atomic mass is 16.5. The molecule has 2 heterocycles. The Labute approximate surface area is 146 Å². The van der Waals surface area contributed by atoms with E-state index in [1.165, 1.54) is 0 Å². The molecule has 0 saturated carbocycles. The molecule has 138 valence electrons. The number of amides is 1. The number of hydrogen-bond donors (Lipinski definition) is 0. The molecule has 1 spiro atoms. The number of carbonyl (C=O) groups is 2. The summed E-state index contributed by atoms with van der Waals surface area (Å²) in [6.07, 6.45) is 6.40. The van der Waals surface area contributed by atoms with Gasteiger partial charge in [-0.1, -0.05) is 13.8 Å². The van der Waals surface area contributed by atoms with Gasteiger partial charge in [0, 0.05) is 19.0 Å². The SMILES string of the molecule is CCOC(=O)CN1CCC2(CC1)CCN(C(=O)C(CC)CC)CC2. The lowest BCUT2D eigenvalue weighted by Gasteiger charge is -2.47. The van der Waals surface area contributed by atoms with Gasteiger partial charge in [0.05, 0.1) is 13.2 Å². The predicted octanol–water partition coefficient (Wildman–Crippen LogP) is 2.69. The molecule has 5 nitrogen and oxygen atoms in total. The first-order valence-electron chi connectivity index (χ1n) is 9.70. The lowest BCUT2D eigenvalue weighted by Crippen LogP contribution is -2.50. The second-order valence-electron chi connectivity index (χ2n) is 7.42. The number of rotatable bonds is 6. The van der Waals surface area contributed by atoms with Crippen molar-refractivity contribution in [3.8, 4) is 0 Å². The normalized spacial score (nSPS) is 21.2. The smallest absolute Gasteiger partial charge is 0.320 e. The van der Waals surface area contributed by atoms with Crippen molar-refractivity contribution in [2.75, 3.05) is 39.3 Å². The minimum atomic E-state index is -0.112. The number of likely N-dealkylation sites (tertiary alicyclic amines) is 2. The Hall–Kier alpha value is -1.10. The lowest BCUT2D eigenvalue weighted by atomic mass is 9.71. The van der Waals surface area contributed by atoms with Crippen LogP contribution in [0.15, 0.2) is 0 Å². The van der Waals surface area contributed by atoms with Crippen molar-refractivity contribution in [2.24, 2.45) is 11.3 Å². The van der Waals surface area contributed by atoms with Crippen LogP contribution in [0, 0.1) is 11.3 Å². The van der Waals surface area contributed by atoms with Crippen LogP contribution >= 0.6 is 0 Å². The summed E-state index contributed by atoms with van der Waals surface area (Å²) >= 11 is 0. The maximum Gasteiger partial charge on any atom is 0.320 e. The summed E-state index contributed by atoms with van der Waals surface area (Å²) in [4.78, 5) is 28.4. The van der Waals surface area contributed by atoms with Crippen molar-refractivity contribution >= 4 is 11.9 Å². The Morgan fingerprint density at radius 2 is 1.50 bits per heavy atom. The lowest BCUT2D eigenvalue weighted by molar-refractivity contribution is -0.146. The van der Waals surface area contributed by atoms with Crippen molar-refractivity contribution in [1.29, 1.82) is 0 Å². The number of carbonyl (C=O) groups excluding carboxylic acids is 2. The van der Waals surface area contributed by atoms with Crippen LogP contribution in [0.5, 0.6) is 0 Å². The molecule has 0 radical (unpaired) electrons. The molecule has 2 fully saturated rings. The van der Waals surface area contributed by atoms with Crippen LogP contribution in [0.1, 0.15) is 59.3 Å². The van der Waals surface area contributed by atoms with Gasteiger partial charge in [0.2, 0.25) is 5.91 Å². The van der Waals surface area contributed by atoms with E-state index in [9.17, 15) is 9.59 Å². The number of nitrogens with zero attached hydrogens (tertiary/aromatic N) is 2. The maximum absolute atomic E-state index is 12.5. The Bertz CT molecular complexity index is 416. The highest BCUT2D eigenvalue weighted by Gasteiger charge is 2.39. The van der Waals surface area contributed by atoms with Crippen LogP contribution in [0.2, 0.25) is 0 Å². The predicted molar refractivity (Wildman–Crippen MR) is 94.6 cm³/mol. The fourth-order valence-corrected chi connectivity index (χ4v) is 4.17. The summed E-state index contributed by atoms with van der Waals surface area (Å²) in [6.45, 7) is 10.7. The largest absolute Gasteiger partial charge is 0.465 e. The van der Waals surface area contributed by atoms with Gasteiger partial charge < -0.3 is 9.64 Å². The van der Waals surface area contributed by atoms with E-state index >= 15 is 0 Å². The van der Waals surface area contributed by atoms with Crippen LogP contribution < -0.4 is 0 Å². The zero-order valence-corrected chi connectivity index (χ0v) is 15.7.